The summed E-state index contributed by atoms with van der Waals surface area (Å²) in [6.07, 6.45) is 3.29. The van der Waals surface area contributed by atoms with Crippen molar-refractivity contribution in [2.75, 3.05) is 7.11 Å². The molecule has 0 aliphatic heterocycles. The van der Waals surface area contributed by atoms with Crippen LogP contribution in [-0.2, 0) is 0 Å². The number of imidazole rings is 2. The number of hydrogen-bond donors (Lipinski definition) is 1. The molecule has 2 aromatic carbocycles. The van der Waals surface area contributed by atoms with Crippen LogP contribution in [0.5, 0.6) is 5.75 Å². The van der Waals surface area contributed by atoms with Gasteiger partial charge in [-0.15, -0.1) is 0 Å². The summed E-state index contributed by atoms with van der Waals surface area (Å²) in [6.45, 7) is 1.94. The second-order valence-electron chi connectivity index (χ2n) is 6.43. The van der Waals surface area contributed by atoms with Gasteiger partial charge in [0.15, 0.2) is 5.65 Å². The minimum absolute atomic E-state index is 0.284. The number of aryl methyl sites for hydroxylation is 1. The van der Waals surface area contributed by atoms with E-state index in [4.69, 9.17) is 4.74 Å². The van der Waals surface area contributed by atoms with Crippen LogP contribution in [0.3, 0.4) is 0 Å². The van der Waals surface area contributed by atoms with Crippen LogP contribution in [0.25, 0.3) is 33.8 Å². The Kier molecular flexibility index (Phi) is 3.51. The summed E-state index contributed by atoms with van der Waals surface area (Å²) in [7, 11) is 1.59. The van der Waals surface area contributed by atoms with E-state index in [-0.39, 0.29) is 5.69 Å². The van der Waals surface area contributed by atoms with Gasteiger partial charge in [0.25, 0.3) is 0 Å². The Hall–Kier alpha value is -3.94. The van der Waals surface area contributed by atoms with Gasteiger partial charge in [0, 0.05) is 6.07 Å². The van der Waals surface area contributed by atoms with E-state index in [1.165, 1.54) is 4.57 Å². The first-order chi connectivity index (χ1) is 13.7. The topological polar surface area (TPSA) is 90.6 Å². The minimum atomic E-state index is -0.284. The zero-order valence-electron chi connectivity index (χ0n) is 15.2. The molecule has 0 fully saturated rings. The SMILES string of the molecule is COc1ccc(C)c(-n2c(=O)[nH]c3cnc(-n4cnc5ccccc54)nc32)c1. The molecule has 0 saturated carbocycles. The van der Waals surface area contributed by atoms with Crippen molar-refractivity contribution < 1.29 is 4.74 Å². The summed E-state index contributed by atoms with van der Waals surface area (Å²) in [5.74, 6) is 1.10. The number of rotatable bonds is 3. The standard InChI is InChI=1S/C20H16N6O2/c1-12-7-8-13(28-2)9-17(12)26-18-15(23-20(26)27)10-21-19(24-18)25-11-22-14-5-3-4-6-16(14)25/h3-11H,1-2H3,(H,23,27). The highest BCUT2D eigenvalue weighted by Crippen LogP contribution is 2.23. The van der Waals surface area contributed by atoms with Gasteiger partial charge in [-0.1, -0.05) is 18.2 Å². The summed E-state index contributed by atoms with van der Waals surface area (Å²) in [4.78, 5) is 29.0. The molecule has 0 radical (unpaired) electrons. The highest BCUT2D eigenvalue weighted by Gasteiger charge is 2.15. The Balaban J connectivity index is 1.77. The molecule has 1 N–H and O–H groups in total. The van der Waals surface area contributed by atoms with Crippen molar-refractivity contribution in [3.63, 3.8) is 0 Å². The lowest BCUT2D eigenvalue weighted by atomic mass is 10.2. The van der Waals surface area contributed by atoms with Crippen LogP contribution in [0.15, 0.2) is 59.8 Å². The smallest absolute Gasteiger partial charge is 0.332 e. The van der Waals surface area contributed by atoms with Crippen molar-refractivity contribution in [3.05, 3.63) is 71.0 Å². The molecule has 5 rings (SSSR count). The first kappa shape index (κ1) is 16.2. The highest BCUT2D eigenvalue weighted by molar-refractivity contribution is 5.78. The van der Waals surface area contributed by atoms with Gasteiger partial charge in [-0.05, 0) is 30.7 Å². The summed E-state index contributed by atoms with van der Waals surface area (Å²) in [6, 6.07) is 13.3. The van der Waals surface area contributed by atoms with Gasteiger partial charge < -0.3 is 9.72 Å². The number of nitrogens with one attached hydrogen (secondary N) is 1. The number of H-pyrrole nitrogens is 1. The number of aromatic amines is 1. The van der Waals surface area contributed by atoms with E-state index in [1.54, 1.807) is 24.2 Å². The van der Waals surface area contributed by atoms with Gasteiger partial charge in [0.2, 0.25) is 5.95 Å². The highest BCUT2D eigenvalue weighted by atomic mass is 16.5. The van der Waals surface area contributed by atoms with Gasteiger partial charge in [-0.3, -0.25) is 4.57 Å². The Morgan fingerprint density at radius 3 is 2.82 bits per heavy atom. The Labute approximate surface area is 159 Å². The maximum absolute atomic E-state index is 12.7. The molecular weight excluding hydrogens is 356 g/mol. The number of aromatic nitrogens is 6. The van der Waals surface area contributed by atoms with Crippen LogP contribution in [-0.4, -0.2) is 36.2 Å². The lowest BCUT2D eigenvalue weighted by molar-refractivity contribution is 0.414. The van der Waals surface area contributed by atoms with Gasteiger partial charge >= 0.3 is 5.69 Å². The zero-order chi connectivity index (χ0) is 19.3. The van der Waals surface area contributed by atoms with Crippen molar-refractivity contribution >= 4 is 22.2 Å². The number of benzene rings is 2. The minimum Gasteiger partial charge on any atom is -0.497 e. The third-order valence-corrected chi connectivity index (χ3v) is 4.74. The van der Waals surface area contributed by atoms with Crippen LogP contribution >= 0.6 is 0 Å². The summed E-state index contributed by atoms with van der Waals surface area (Å²) in [5.41, 5.74) is 4.13. The van der Waals surface area contributed by atoms with E-state index in [9.17, 15) is 4.79 Å². The van der Waals surface area contributed by atoms with Crippen molar-refractivity contribution in [3.8, 4) is 17.4 Å². The molecule has 138 valence electrons. The molecule has 3 aromatic heterocycles. The predicted octanol–water partition coefficient (Wildman–Crippen LogP) is 2.76. The fourth-order valence-corrected chi connectivity index (χ4v) is 3.30. The summed E-state index contributed by atoms with van der Waals surface area (Å²) < 4.78 is 8.66. The van der Waals surface area contributed by atoms with Crippen LogP contribution in [0.1, 0.15) is 5.56 Å². The molecule has 8 heteroatoms. The molecule has 0 spiro atoms. The van der Waals surface area contributed by atoms with E-state index in [1.807, 2.05) is 49.4 Å². The molecule has 0 bridgehead atoms. The zero-order valence-corrected chi connectivity index (χ0v) is 15.2. The number of hydrogen-bond acceptors (Lipinski definition) is 5. The first-order valence-corrected chi connectivity index (χ1v) is 8.71. The first-order valence-electron chi connectivity index (χ1n) is 8.71. The fraction of sp³-hybridized carbons (Fsp3) is 0.100. The molecule has 0 atom stereocenters. The molecule has 8 nitrogen and oxygen atoms in total. The van der Waals surface area contributed by atoms with E-state index in [2.05, 4.69) is 19.9 Å². The summed E-state index contributed by atoms with van der Waals surface area (Å²) in [5, 5.41) is 0. The average molecular weight is 372 g/mol. The van der Waals surface area contributed by atoms with Crippen LogP contribution in [0, 0.1) is 6.92 Å². The fourth-order valence-electron chi connectivity index (χ4n) is 3.30. The number of fused-ring (bicyclic) bond motifs is 2. The average Bonchev–Trinajstić information content (AvgIpc) is 3.28. The van der Waals surface area contributed by atoms with E-state index in [0.717, 1.165) is 16.6 Å². The van der Waals surface area contributed by atoms with Crippen molar-refractivity contribution in [1.29, 1.82) is 0 Å². The largest absolute Gasteiger partial charge is 0.497 e. The third kappa shape index (κ3) is 2.38. The maximum atomic E-state index is 12.7. The maximum Gasteiger partial charge on any atom is 0.332 e. The van der Waals surface area contributed by atoms with Crippen molar-refractivity contribution in [2.45, 2.75) is 6.92 Å². The number of nitrogens with zero attached hydrogens (tertiary/aromatic N) is 5. The van der Waals surface area contributed by atoms with E-state index < -0.39 is 0 Å². The van der Waals surface area contributed by atoms with Gasteiger partial charge in [-0.2, -0.15) is 4.98 Å². The predicted molar refractivity (Wildman–Crippen MR) is 105 cm³/mol. The van der Waals surface area contributed by atoms with Crippen LogP contribution in [0.2, 0.25) is 0 Å². The van der Waals surface area contributed by atoms with Gasteiger partial charge in [0.1, 0.15) is 17.6 Å². The monoisotopic (exact) mass is 372 g/mol. The normalized spacial score (nSPS) is 11.4. The Morgan fingerprint density at radius 1 is 1.11 bits per heavy atom. The number of methoxy groups -OCH3 is 1. The third-order valence-electron chi connectivity index (χ3n) is 4.74. The van der Waals surface area contributed by atoms with E-state index >= 15 is 0 Å². The Morgan fingerprint density at radius 2 is 1.96 bits per heavy atom. The second kappa shape index (κ2) is 6.05. The number of ether oxygens (including phenoxy) is 1. The Bertz CT molecular complexity index is 1400. The molecule has 0 aliphatic carbocycles. The number of para-hydroxylation sites is 2. The molecule has 0 amide bonds. The second-order valence-corrected chi connectivity index (χ2v) is 6.43. The van der Waals surface area contributed by atoms with E-state index in [0.29, 0.717) is 28.5 Å². The van der Waals surface area contributed by atoms with Gasteiger partial charge in [0.05, 0.1) is 30.0 Å². The molecule has 3 heterocycles. The molecule has 0 saturated heterocycles. The lowest BCUT2D eigenvalue weighted by Crippen LogP contribution is -2.16. The molecule has 5 aromatic rings. The van der Waals surface area contributed by atoms with Crippen LogP contribution in [0.4, 0.5) is 0 Å². The van der Waals surface area contributed by atoms with Crippen LogP contribution < -0.4 is 10.4 Å². The summed E-state index contributed by atoms with van der Waals surface area (Å²) >= 11 is 0. The molecule has 0 aliphatic rings. The van der Waals surface area contributed by atoms with Crippen molar-refractivity contribution in [1.82, 2.24) is 29.1 Å². The molecular formula is C20H16N6O2. The van der Waals surface area contributed by atoms with Gasteiger partial charge in [-0.25, -0.2) is 19.3 Å². The lowest BCUT2D eigenvalue weighted by Gasteiger charge is -2.09. The molecule has 28 heavy (non-hydrogen) atoms. The molecule has 0 unspecified atom stereocenters. The quantitative estimate of drug-likeness (QED) is 0.526. The van der Waals surface area contributed by atoms with Crippen molar-refractivity contribution in [2.24, 2.45) is 0 Å².